The van der Waals surface area contributed by atoms with Gasteiger partial charge in [0.15, 0.2) is 0 Å². The summed E-state index contributed by atoms with van der Waals surface area (Å²) in [5.74, 6) is 0.158. The van der Waals surface area contributed by atoms with Gasteiger partial charge in [-0.15, -0.1) is 0 Å². The Kier molecular flexibility index (Phi) is 3.02. The van der Waals surface area contributed by atoms with Gasteiger partial charge in [0.05, 0.1) is 6.20 Å². The Morgan fingerprint density at radius 3 is 3.00 bits per heavy atom. The standard InChI is InChI=1S/C9H14N2O/c1-8(7-12)3-4-9-5-10-11(2)6-9/h5-8H,3-4H2,1-2H3. The Labute approximate surface area is 72.4 Å². The molecular formula is C9H14N2O. The number of carbonyl (C=O) groups is 1. The number of aryl methyl sites for hydroxylation is 2. The first-order valence-corrected chi connectivity index (χ1v) is 4.15. The Bertz CT molecular complexity index is 255. The summed E-state index contributed by atoms with van der Waals surface area (Å²) in [6.45, 7) is 1.93. The number of rotatable bonds is 4. The van der Waals surface area contributed by atoms with Crippen LogP contribution >= 0.6 is 0 Å². The summed E-state index contributed by atoms with van der Waals surface area (Å²) in [6.07, 6.45) is 6.67. The first kappa shape index (κ1) is 8.97. The predicted molar refractivity (Wildman–Crippen MR) is 46.8 cm³/mol. The molecule has 12 heavy (non-hydrogen) atoms. The third-order valence-electron chi connectivity index (χ3n) is 1.88. The third-order valence-corrected chi connectivity index (χ3v) is 1.88. The molecule has 1 rings (SSSR count). The Morgan fingerprint density at radius 2 is 2.50 bits per heavy atom. The fraction of sp³-hybridized carbons (Fsp3) is 0.556. The Balaban J connectivity index is 2.37. The number of aldehydes is 1. The largest absolute Gasteiger partial charge is 0.303 e. The van der Waals surface area contributed by atoms with Gasteiger partial charge in [-0.25, -0.2) is 0 Å². The fourth-order valence-corrected chi connectivity index (χ4v) is 1.06. The zero-order chi connectivity index (χ0) is 8.97. The lowest BCUT2D eigenvalue weighted by atomic mass is 10.1. The zero-order valence-corrected chi connectivity index (χ0v) is 7.53. The predicted octanol–water partition coefficient (Wildman–Crippen LogP) is 1.19. The van der Waals surface area contributed by atoms with Crippen LogP contribution in [0.5, 0.6) is 0 Å². The molecule has 3 nitrogen and oxygen atoms in total. The topological polar surface area (TPSA) is 34.9 Å². The maximum absolute atomic E-state index is 10.3. The van der Waals surface area contributed by atoms with E-state index in [2.05, 4.69) is 5.10 Å². The van der Waals surface area contributed by atoms with E-state index in [1.165, 1.54) is 5.56 Å². The summed E-state index contributed by atoms with van der Waals surface area (Å²) in [5, 5.41) is 4.05. The second-order valence-electron chi connectivity index (χ2n) is 3.17. The molecule has 0 radical (unpaired) electrons. The van der Waals surface area contributed by atoms with E-state index in [0.29, 0.717) is 0 Å². The molecule has 1 unspecified atom stereocenters. The smallest absolute Gasteiger partial charge is 0.122 e. The number of hydrogen-bond donors (Lipinski definition) is 0. The second-order valence-corrected chi connectivity index (χ2v) is 3.17. The highest BCUT2D eigenvalue weighted by atomic mass is 16.1. The molecule has 0 saturated carbocycles. The lowest BCUT2D eigenvalue weighted by Gasteiger charge is -1.99. The fourth-order valence-electron chi connectivity index (χ4n) is 1.06. The summed E-state index contributed by atoms with van der Waals surface area (Å²) in [5.41, 5.74) is 1.20. The van der Waals surface area contributed by atoms with Gasteiger partial charge in [0, 0.05) is 19.2 Å². The Hall–Kier alpha value is -1.12. The molecule has 0 aliphatic heterocycles. The summed E-state index contributed by atoms with van der Waals surface area (Å²) in [4.78, 5) is 10.3. The van der Waals surface area contributed by atoms with Gasteiger partial charge in [-0.3, -0.25) is 4.68 Å². The van der Waals surface area contributed by atoms with Crippen molar-refractivity contribution in [3.63, 3.8) is 0 Å². The van der Waals surface area contributed by atoms with E-state index in [1.807, 2.05) is 26.4 Å². The molecule has 0 aromatic carbocycles. The molecule has 0 amide bonds. The lowest BCUT2D eigenvalue weighted by Crippen LogP contribution is -1.97. The molecule has 66 valence electrons. The highest BCUT2D eigenvalue weighted by Crippen LogP contribution is 2.06. The quantitative estimate of drug-likeness (QED) is 0.630. The molecule has 1 atom stereocenters. The van der Waals surface area contributed by atoms with Gasteiger partial charge < -0.3 is 4.79 Å². The average molecular weight is 166 g/mol. The molecule has 1 heterocycles. The van der Waals surface area contributed by atoms with Crippen molar-refractivity contribution < 1.29 is 4.79 Å². The minimum absolute atomic E-state index is 0.158. The van der Waals surface area contributed by atoms with E-state index in [0.717, 1.165) is 19.1 Å². The number of aromatic nitrogens is 2. The Morgan fingerprint density at radius 1 is 1.75 bits per heavy atom. The lowest BCUT2D eigenvalue weighted by molar-refractivity contribution is -0.110. The van der Waals surface area contributed by atoms with E-state index in [1.54, 1.807) is 4.68 Å². The van der Waals surface area contributed by atoms with Gasteiger partial charge in [-0.1, -0.05) is 6.92 Å². The van der Waals surface area contributed by atoms with Crippen LogP contribution in [0.3, 0.4) is 0 Å². The van der Waals surface area contributed by atoms with E-state index in [-0.39, 0.29) is 5.92 Å². The van der Waals surface area contributed by atoms with Crippen LogP contribution in [0.2, 0.25) is 0 Å². The molecule has 0 saturated heterocycles. The van der Waals surface area contributed by atoms with Crippen molar-refractivity contribution in [2.75, 3.05) is 0 Å². The molecule has 0 fully saturated rings. The highest BCUT2D eigenvalue weighted by molar-refractivity contribution is 5.52. The maximum Gasteiger partial charge on any atom is 0.122 e. The molecule has 3 heteroatoms. The van der Waals surface area contributed by atoms with Crippen LogP contribution in [0.15, 0.2) is 12.4 Å². The average Bonchev–Trinajstić information content (AvgIpc) is 2.47. The van der Waals surface area contributed by atoms with E-state index >= 15 is 0 Å². The number of nitrogens with zero attached hydrogens (tertiary/aromatic N) is 2. The molecular weight excluding hydrogens is 152 g/mol. The van der Waals surface area contributed by atoms with Crippen molar-refractivity contribution in [2.24, 2.45) is 13.0 Å². The number of hydrogen-bond acceptors (Lipinski definition) is 2. The van der Waals surface area contributed by atoms with Crippen molar-refractivity contribution in [1.29, 1.82) is 0 Å². The zero-order valence-electron chi connectivity index (χ0n) is 7.53. The second kappa shape index (κ2) is 4.04. The minimum Gasteiger partial charge on any atom is -0.303 e. The van der Waals surface area contributed by atoms with Gasteiger partial charge in [0.2, 0.25) is 0 Å². The first-order valence-electron chi connectivity index (χ1n) is 4.15. The van der Waals surface area contributed by atoms with Crippen LogP contribution in [0, 0.1) is 5.92 Å². The van der Waals surface area contributed by atoms with Crippen molar-refractivity contribution in [2.45, 2.75) is 19.8 Å². The minimum atomic E-state index is 0.158. The van der Waals surface area contributed by atoms with Crippen LogP contribution in [0.1, 0.15) is 18.9 Å². The van der Waals surface area contributed by atoms with Crippen molar-refractivity contribution in [1.82, 2.24) is 9.78 Å². The van der Waals surface area contributed by atoms with Gasteiger partial charge in [0.25, 0.3) is 0 Å². The van der Waals surface area contributed by atoms with Gasteiger partial charge in [-0.2, -0.15) is 5.10 Å². The molecule has 0 N–H and O–H groups in total. The van der Waals surface area contributed by atoms with E-state index in [9.17, 15) is 4.79 Å². The molecule has 0 bridgehead atoms. The van der Waals surface area contributed by atoms with Crippen molar-refractivity contribution in [3.8, 4) is 0 Å². The summed E-state index contributed by atoms with van der Waals surface area (Å²) in [7, 11) is 1.90. The first-order chi connectivity index (χ1) is 5.72. The van der Waals surface area contributed by atoms with Gasteiger partial charge >= 0.3 is 0 Å². The molecule has 1 aromatic heterocycles. The molecule has 0 aliphatic rings. The number of carbonyl (C=O) groups excluding carboxylic acids is 1. The van der Waals surface area contributed by atoms with Gasteiger partial charge in [0.1, 0.15) is 6.29 Å². The molecule has 1 aromatic rings. The summed E-state index contributed by atoms with van der Waals surface area (Å²) >= 11 is 0. The molecule has 0 aliphatic carbocycles. The third kappa shape index (κ3) is 2.49. The van der Waals surface area contributed by atoms with E-state index < -0.39 is 0 Å². The van der Waals surface area contributed by atoms with Crippen LogP contribution in [-0.4, -0.2) is 16.1 Å². The monoisotopic (exact) mass is 166 g/mol. The van der Waals surface area contributed by atoms with Gasteiger partial charge in [-0.05, 0) is 18.4 Å². The SMILES string of the molecule is CC(C=O)CCc1cnn(C)c1. The van der Waals surface area contributed by atoms with Crippen LogP contribution in [0.4, 0.5) is 0 Å². The van der Waals surface area contributed by atoms with Crippen LogP contribution < -0.4 is 0 Å². The van der Waals surface area contributed by atoms with Crippen LogP contribution in [0.25, 0.3) is 0 Å². The highest BCUT2D eigenvalue weighted by Gasteiger charge is 2.01. The summed E-state index contributed by atoms with van der Waals surface area (Å²) in [6, 6.07) is 0. The maximum atomic E-state index is 10.3. The van der Waals surface area contributed by atoms with Crippen molar-refractivity contribution >= 4 is 6.29 Å². The van der Waals surface area contributed by atoms with Crippen LogP contribution in [-0.2, 0) is 18.3 Å². The van der Waals surface area contributed by atoms with E-state index in [4.69, 9.17) is 0 Å². The normalized spacial score (nSPS) is 12.8. The molecule has 0 spiro atoms. The van der Waals surface area contributed by atoms with Crippen molar-refractivity contribution in [3.05, 3.63) is 18.0 Å². The summed E-state index contributed by atoms with van der Waals surface area (Å²) < 4.78 is 1.78.